The van der Waals surface area contributed by atoms with Crippen LogP contribution in [0.3, 0.4) is 0 Å². The van der Waals surface area contributed by atoms with Crippen LogP contribution in [-0.4, -0.2) is 44.9 Å². The molecule has 1 saturated heterocycles. The standard InChI is InChI=1S/C32H41ClN6OS/c1-31(2)16-9-10-22-18-23(29(33)37-28(22)31)30(40)38-41-27-13-8-12-26(36-27)35-25(24-11-6-7-17-34-24)15-14-21-19-32(3,4)39(5)20-21/h6-8,11-13,17-18,21,25H,9-10,14-16,19-20H2,1-5H3,(H,35,36)(H,38,40). The number of nitrogens with zero attached hydrogens (tertiary/aromatic N) is 4. The van der Waals surface area contributed by atoms with E-state index in [1.165, 1.54) is 18.4 Å². The van der Waals surface area contributed by atoms with E-state index in [-0.39, 0.29) is 28.1 Å². The van der Waals surface area contributed by atoms with Gasteiger partial charge in [-0.2, -0.15) is 0 Å². The fourth-order valence-electron chi connectivity index (χ4n) is 6.22. The number of aromatic nitrogens is 3. The maximum absolute atomic E-state index is 13.1. The second kappa shape index (κ2) is 12.3. The van der Waals surface area contributed by atoms with E-state index in [1.807, 2.05) is 42.6 Å². The number of anilines is 1. The summed E-state index contributed by atoms with van der Waals surface area (Å²) in [6.07, 6.45) is 8.17. The highest BCUT2D eigenvalue weighted by Gasteiger charge is 2.36. The van der Waals surface area contributed by atoms with Crippen LogP contribution in [0.4, 0.5) is 5.82 Å². The van der Waals surface area contributed by atoms with Gasteiger partial charge in [0.25, 0.3) is 5.91 Å². The molecule has 0 bridgehead atoms. The Kier molecular flexibility index (Phi) is 8.92. The number of carbonyl (C=O) groups excluding carboxylic acids is 1. The van der Waals surface area contributed by atoms with Crippen molar-refractivity contribution in [1.82, 2.24) is 24.6 Å². The molecule has 0 spiro atoms. The Morgan fingerprint density at radius 2 is 2.00 bits per heavy atom. The molecular weight excluding hydrogens is 552 g/mol. The third-order valence-corrected chi connectivity index (χ3v) is 9.76. The average Bonchev–Trinajstić information content (AvgIpc) is 3.21. The van der Waals surface area contributed by atoms with Crippen molar-refractivity contribution in [2.45, 2.75) is 88.2 Å². The van der Waals surface area contributed by atoms with E-state index in [0.29, 0.717) is 16.5 Å². The van der Waals surface area contributed by atoms with Gasteiger partial charge in [0.2, 0.25) is 0 Å². The maximum atomic E-state index is 13.1. The van der Waals surface area contributed by atoms with Gasteiger partial charge in [0.1, 0.15) is 16.0 Å². The molecule has 7 nitrogen and oxygen atoms in total. The van der Waals surface area contributed by atoms with Gasteiger partial charge >= 0.3 is 0 Å². The van der Waals surface area contributed by atoms with Gasteiger partial charge in [-0.15, -0.1) is 0 Å². The van der Waals surface area contributed by atoms with Crippen LogP contribution in [0.1, 0.15) is 93.2 Å². The Bertz CT molecular complexity index is 1380. The maximum Gasteiger partial charge on any atom is 0.264 e. The number of rotatable bonds is 9. The first-order valence-electron chi connectivity index (χ1n) is 14.5. The summed E-state index contributed by atoms with van der Waals surface area (Å²) in [5, 5.41) is 4.55. The molecule has 5 rings (SSSR count). The molecule has 1 fully saturated rings. The summed E-state index contributed by atoms with van der Waals surface area (Å²) < 4.78 is 2.92. The first-order valence-corrected chi connectivity index (χ1v) is 15.7. The zero-order chi connectivity index (χ0) is 29.2. The van der Waals surface area contributed by atoms with Gasteiger partial charge in [0, 0.05) is 35.6 Å². The second-order valence-corrected chi connectivity index (χ2v) is 13.9. The van der Waals surface area contributed by atoms with Gasteiger partial charge < -0.3 is 10.2 Å². The Balaban J connectivity index is 1.24. The van der Waals surface area contributed by atoms with E-state index in [9.17, 15) is 4.79 Å². The van der Waals surface area contributed by atoms with Gasteiger partial charge in [-0.1, -0.05) is 37.6 Å². The summed E-state index contributed by atoms with van der Waals surface area (Å²) in [6.45, 7) is 10.1. The smallest absolute Gasteiger partial charge is 0.264 e. The fraction of sp³-hybridized carbons (Fsp3) is 0.500. The molecular formula is C32H41ClN6OS. The SMILES string of the molecule is CN1CC(CCC(Nc2cccc(SNC(=O)c3cc4c(nc3Cl)C(C)(C)CCC4)n2)c2ccccn2)CC1(C)C. The highest BCUT2D eigenvalue weighted by atomic mass is 35.5. The van der Waals surface area contributed by atoms with E-state index >= 15 is 0 Å². The van der Waals surface area contributed by atoms with Crippen molar-refractivity contribution in [3.8, 4) is 0 Å². The lowest BCUT2D eigenvalue weighted by atomic mass is 9.76. The molecule has 3 aromatic heterocycles. The first kappa shape index (κ1) is 29.8. The Hall–Kier alpha value is -2.68. The number of nitrogens with one attached hydrogen (secondary N) is 2. The van der Waals surface area contributed by atoms with E-state index in [0.717, 1.165) is 61.4 Å². The van der Waals surface area contributed by atoms with Crippen molar-refractivity contribution in [1.29, 1.82) is 0 Å². The van der Waals surface area contributed by atoms with Gasteiger partial charge in [-0.3, -0.25) is 14.5 Å². The molecule has 4 heterocycles. The molecule has 9 heteroatoms. The largest absolute Gasteiger partial charge is 0.362 e. The van der Waals surface area contributed by atoms with Crippen LogP contribution < -0.4 is 10.0 Å². The van der Waals surface area contributed by atoms with Gasteiger partial charge in [0.05, 0.1) is 23.0 Å². The number of hydrogen-bond acceptors (Lipinski definition) is 7. The normalized spacial score (nSPS) is 20.3. The minimum atomic E-state index is -0.269. The third kappa shape index (κ3) is 7.04. The van der Waals surface area contributed by atoms with Crippen molar-refractivity contribution >= 4 is 35.3 Å². The van der Waals surface area contributed by atoms with Crippen LogP contribution in [0.2, 0.25) is 5.15 Å². The Morgan fingerprint density at radius 3 is 2.73 bits per heavy atom. The number of hydrogen-bond donors (Lipinski definition) is 2. The molecule has 1 aliphatic carbocycles. The summed E-state index contributed by atoms with van der Waals surface area (Å²) >= 11 is 7.67. The monoisotopic (exact) mass is 592 g/mol. The predicted molar refractivity (Wildman–Crippen MR) is 167 cm³/mol. The van der Waals surface area contributed by atoms with Gasteiger partial charge in [-0.25, -0.2) is 9.97 Å². The molecule has 1 amide bonds. The van der Waals surface area contributed by atoms with Crippen LogP contribution in [0.15, 0.2) is 53.7 Å². The highest BCUT2D eigenvalue weighted by molar-refractivity contribution is 7.97. The molecule has 218 valence electrons. The summed E-state index contributed by atoms with van der Waals surface area (Å²) in [4.78, 5) is 29.6. The Morgan fingerprint density at radius 1 is 1.17 bits per heavy atom. The van der Waals surface area contributed by atoms with E-state index < -0.39 is 0 Å². The van der Waals surface area contributed by atoms with Crippen LogP contribution >= 0.6 is 23.5 Å². The van der Waals surface area contributed by atoms with Gasteiger partial charge in [-0.05, 0) is 101 Å². The van der Waals surface area contributed by atoms with Crippen LogP contribution in [-0.2, 0) is 11.8 Å². The number of aryl methyl sites for hydroxylation is 1. The molecule has 0 saturated carbocycles. The molecule has 2 atom stereocenters. The minimum absolute atomic E-state index is 0.0322. The van der Waals surface area contributed by atoms with Crippen molar-refractivity contribution in [3.63, 3.8) is 0 Å². The molecule has 2 unspecified atom stereocenters. The number of amides is 1. The summed E-state index contributed by atoms with van der Waals surface area (Å²) in [5.41, 5.74) is 3.73. The topological polar surface area (TPSA) is 83.0 Å². The van der Waals surface area contributed by atoms with Crippen molar-refractivity contribution in [3.05, 3.63) is 76.3 Å². The minimum Gasteiger partial charge on any atom is -0.362 e. The molecule has 3 aromatic rings. The predicted octanol–water partition coefficient (Wildman–Crippen LogP) is 7.24. The molecule has 41 heavy (non-hydrogen) atoms. The van der Waals surface area contributed by atoms with E-state index in [2.05, 4.69) is 65.7 Å². The summed E-state index contributed by atoms with van der Waals surface area (Å²) in [7, 11) is 2.22. The number of likely N-dealkylation sites (tertiary alicyclic amines) is 1. The van der Waals surface area contributed by atoms with Crippen molar-refractivity contribution in [2.75, 3.05) is 18.9 Å². The molecule has 2 N–H and O–H groups in total. The van der Waals surface area contributed by atoms with Crippen LogP contribution in [0.5, 0.6) is 0 Å². The lowest BCUT2D eigenvalue weighted by molar-refractivity contribution is 0.0984. The number of halogens is 1. The summed E-state index contributed by atoms with van der Waals surface area (Å²) in [5.74, 6) is 1.14. The quantitative estimate of drug-likeness (QED) is 0.200. The summed E-state index contributed by atoms with van der Waals surface area (Å²) in [6, 6.07) is 13.8. The Labute approximate surface area is 253 Å². The van der Waals surface area contributed by atoms with Crippen LogP contribution in [0.25, 0.3) is 0 Å². The first-order chi connectivity index (χ1) is 19.5. The zero-order valence-corrected chi connectivity index (χ0v) is 26.3. The van der Waals surface area contributed by atoms with E-state index in [1.54, 1.807) is 0 Å². The lowest BCUT2D eigenvalue weighted by Crippen LogP contribution is -2.34. The molecule has 0 aromatic carbocycles. The number of pyridine rings is 3. The molecule has 1 aliphatic heterocycles. The van der Waals surface area contributed by atoms with E-state index in [4.69, 9.17) is 16.6 Å². The lowest BCUT2D eigenvalue weighted by Gasteiger charge is -2.31. The molecule has 2 aliphatic rings. The van der Waals surface area contributed by atoms with Crippen molar-refractivity contribution in [2.24, 2.45) is 5.92 Å². The highest BCUT2D eigenvalue weighted by Crippen LogP contribution is 2.38. The zero-order valence-electron chi connectivity index (χ0n) is 24.7. The third-order valence-electron chi connectivity index (χ3n) is 8.74. The fourth-order valence-corrected chi connectivity index (χ4v) is 7.05. The molecule has 0 radical (unpaired) electrons. The number of fused-ring (bicyclic) bond motifs is 1. The van der Waals surface area contributed by atoms with Crippen molar-refractivity contribution < 1.29 is 4.79 Å². The number of carbonyl (C=O) groups is 1. The second-order valence-electron chi connectivity index (χ2n) is 12.8. The average molecular weight is 593 g/mol. The van der Waals surface area contributed by atoms with Gasteiger partial charge in [0.15, 0.2) is 0 Å². The van der Waals surface area contributed by atoms with Crippen LogP contribution in [0, 0.1) is 5.92 Å².